The molecule has 0 aliphatic carbocycles. The number of amides is 1. The molecule has 2 heterocycles. The number of aryl methyl sites for hydroxylation is 1. The van der Waals surface area contributed by atoms with Crippen LogP contribution in [0.25, 0.3) is 21.3 Å². The highest BCUT2D eigenvalue weighted by Gasteiger charge is 2.20. The number of anilines is 1. The lowest BCUT2D eigenvalue weighted by molar-refractivity contribution is -0.118. The normalized spacial score (nSPS) is 12.1. The first-order valence-corrected chi connectivity index (χ1v) is 10.9. The molecule has 0 aliphatic heterocycles. The van der Waals surface area contributed by atoms with Crippen molar-refractivity contribution in [1.29, 1.82) is 0 Å². The van der Waals surface area contributed by atoms with Crippen LogP contribution in [-0.4, -0.2) is 15.5 Å². The number of aromatic nitrogens is 2. The smallest absolute Gasteiger partial charge is 0.263 e. The van der Waals surface area contributed by atoms with E-state index >= 15 is 0 Å². The van der Waals surface area contributed by atoms with E-state index in [1.807, 2.05) is 41.8 Å². The third-order valence-corrected chi connectivity index (χ3v) is 6.24. The number of nitrogens with one attached hydrogen (secondary N) is 1. The zero-order chi connectivity index (χ0) is 21.3. The molecule has 1 unspecified atom stereocenters. The monoisotopic (exact) mass is 437 g/mol. The van der Waals surface area contributed by atoms with Gasteiger partial charge in [-0.05, 0) is 48.7 Å². The molecule has 0 saturated carbocycles. The van der Waals surface area contributed by atoms with E-state index in [9.17, 15) is 9.59 Å². The lowest BCUT2D eigenvalue weighted by atomic mass is 10.1. The van der Waals surface area contributed by atoms with Gasteiger partial charge in [-0.15, -0.1) is 11.3 Å². The molecule has 30 heavy (non-hydrogen) atoms. The second-order valence-electron chi connectivity index (χ2n) is 7.01. The number of hydrogen-bond acceptors (Lipinski definition) is 4. The summed E-state index contributed by atoms with van der Waals surface area (Å²) in [5, 5.41) is 5.93. The van der Waals surface area contributed by atoms with E-state index in [0.29, 0.717) is 20.9 Å². The molecule has 2 aromatic carbocycles. The van der Waals surface area contributed by atoms with Gasteiger partial charge in [-0.1, -0.05) is 42.8 Å². The summed E-state index contributed by atoms with van der Waals surface area (Å²) in [5.41, 5.74) is 3.33. The summed E-state index contributed by atoms with van der Waals surface area (Å²) in [7, 11) is 0. The summed E-state index contributed by atoms with van der Waals surface area (Å²) < 4.78 is 1.38. The van der Waals surface area contributed by atoms with Gasteiger partial charge in [-0.2, -0.15) is 0 Å². The maximum atomic E-state index is 13.3. The van der Waals surface area contributed by atoms with Crippen LogP contribution >= 0.6 is 22.9 Å². The Morgan fingerprint density at radius 1 is 1.17 bits per heavy atom. The lowest BCUT2D eigenvalue weighted by Gasteiger charge is -2.15. The molecular weight excluding hydrogens is 418 g/mol. The molecule has 0 saturated heterocycles. The van der Waals surface area contributed by atoms with Crippen LogP contribution in [0.2, 0.25) is 5.02 Å². The van der Waals surface area contributed by atoms with E-state index in [1.54, 1.807) is 19.1 Å². The van der Waals surface area contributed by atoms with Crippen molar-refractivity contribution in [2.75, 3.05) is 5.32 Å². The molecule has 0 bridgehead atoms. The second kappa shape index (κ2) is 8.42. The summed E-state index contributed by atoms with van der Waals surface area (Å²) in [6, 6.07) is 14.3. The summed E-state index contributed by atoms with van der Waals surface area (Å²) in [6.45, 7) is 3.77. The summed E-state index contributed by atoms with van der Waals surface area (Å²) in [6.07, 6.45) is 2.37. The number of rotatable bonds is 5. The quantitative estimate of drug-likeness (QED) is 0.445. The Kier molecular flexibility index (Phi) is 5.70. The van der Waals surface area contributed by atoms with E-state index in [4.69, 9.17) is 11.6 Å². The van der Waals surface area contributed by atoms with Crippen LogP contribution in [0.1, 0.15) is 25.5 Å². The summed E-state index contributed by atoms with van der Waals surface area (Å²) in [5.74, 6) is -0.272. The molecule has 0 spiro atoms. The predicted octanol–water partition coefficient (Wildman–Crippen LogP) is 5.54. The highest BCUT2D eigenvalue weighted by molar-refractivity contribution is 7.17. The van der Waals surface area contributed by atoms with Crippen molar-refractivity contribution in [2.45, 2.75) is 26.3 Å². The van der Waals surface area contributed by atoms with Gasteiger partial charge in [0.2, 0.25) is 5.91 Å². The Balaban J connectivity index is 1.67. The minimum absolute atomic E-state index is 0.241. The van der Waals surface area contributed by atoms with Crippen molar-refractivity contribution >= 4 is 44.7 Å². The van der Waals surface area contributed by atoms with E-state index < -0.39 is 6.04 Å². The van der Waals surface area contributed by atoms with Gasteiger partial charge in [0.1, 0.15) is 10.9 Å². The number of fused-ring (bicyclic) bond motifs is 1. The van der Waals surface area contributed by atoms with Crippen molar-refractivity contribution in [3.63, 3.8) is 0 Å². The largest absolute Gasteiger partial charge is 0.324 e. The van der Waals surface area contributed by atoms with Gasteiger partial charge >= 0.3 is 0 Å². The molecule has 0 aliphatic rings. The second-order valence-corrected chi connectivity index (χ2v) is 8.30. The highest BCUT2D eigenvalue weighted by Crippen LogP contribution is 2.31. The average Bonchev–Trinajstić information content (AvgIpc) is 3.19. The Labute approximate surface area is 183 Å². The number of thiophene rings is 1. The van der Waals surface area contributed by atoms with Crippen LogP contribution in [0.4, 0.5) is 5.69 Å². The van der Waals surface area contributed by atoms with Gasteiger partial charge in [0.15, 0.2) is 0 Å². The van der Waals surface area contributed by atoms with Gasteiger partial charge in [0.05, 0.1) is 11.7 Å². The van der Waals surface area contributed by atoms with Crippen LogP contribution in [0.5, 0.6) is 0 Å². The molecule has 5 nitrogen and oxygen atoms in total. The predicted molar refractivity (Wildman–Crippen MR) is 123 cm³/mol. The minimum Gasteiger partial charge on any atom is -0.324 e. The molecule has 0 fully saturated rings. The molecule has 1 N–H and O–H groups in total. The number of nitrogens with zero attached hydrogens (tertiary/aromatic N) is 2. The number of carbonyl (C=O) groups excluding carboxylic acids is 1. The van der Waals surface area contributed by atoms with E-state index in [1.165, 1.54) is 27.8 Å². The number of hydrogen-bond donors (Lipinski definition) is 1. The van der Waals surface area contributed by atoms with Crippen LogP contribution in [0, 0.1) is 0 Å². The fourth-order valence-electron chi connectivity index (χ4n) is 3.26. The number of benzene rings is 2. The third kappa shape index (κ3) is 3.88. The van der Waals surface area contributed by atoms with Crippen LogP contribution in [-0.2, 0) is 11.2 Å². The molecule has 2 aromatic heterocycles. The molecule has 7 heteroatoms. The van der Waals surface area contributed by atoms with Gasteiger partial charge in [-0.3, -0.25) is 14.2 Å². The van der Waals surface area contributed by atoms with Gasteiger partial charge < -0.3 is 5.32 Å². The van der Waals surface area contributed by atoms with Crippen molar-refractivity contribution in [1.82, 2.24) is 9.55 Å². The maximum Gasteiger partial charge on any atom is 0.263 e. The molecule has 4 rings (SSSR count). The Morgan fingerprint density at radius 2 is 1.87 bits per heavy atom. The van der Waals surface area contributed by atoms with Crippen LogP contribution < -0.4 is 10.9 Å². The SMILES string of the molecule is CCc1ccc(NC(=O)C(C)n2cnc3scc(-c4ccc(Cl)cc4)c3c2=O)cc1. The van der Waals surface area contributed by atoms with Crippen molar-refractivity contribution in [3.8, 4) is 11.1 Å². The zero-order valence-corrected chi connectivity index (χ0v) is 18.1. The van der Waals surface area contributed by atoms with E-state index in [-0.39, 0.29) is 11.5 Å². The first kappa shape index (κ1) is 20.3. The molecule has 0 radical (unpaired) electrons. The van der Waals surface area contributed by atoms with E-state index in [2.05, 4.69) is 17.2 Å². The first-order chi connectivity index (χ1) is 14.5. The van der Waals surface area contributed by atoms with E-state index in [0.717, 1.165) is 17.5 Å². The Morgan fingerprint density at radius 3 is 2.53 bits per heavy atom. The minimum atomic E-state index is -0.710. The van der Waals surface area contributed by atoms with Crippen LogP contribution in [0.15, 0.2) is 65.0 Å². The zero-order valence-electron chi connectivity index (χ0n) is 16.6. The molecular formula is C23H20ClN3O2S. The highest BCUT2D eigenvalue weighted by atomic mass is 35.5. The van der Waals surface area contributed by atoms with Crippen LogP contribution in [0.3, 0.4) is 0 Å². The lowest BCUT2D eigenvalue weighted by Crippen LogP contribution is -2.31. The van der Waals surface area contributed by atoms with Gasteiger partial charge in [0.25, 0.3) is 5.56 Å². The average molecular weight is 438 g/mol. The van der Waals surface area contributed by atoms with Crippen molar-refractivity contribution in [3.05, 3.63) is 81.2 Å². The first-order valence-electron chi connectivity index (χ1n) is 9.62. The molecule has 1 amide bonds. The van der Waals surface area contributed by atoms with Crippen molar-refractivity contribution in [2.24, 2.45) is 0 Å². The van der Waals surface area contributed by atoms with Crippen molar-refractivity contribution < 1.29 is 4.79 Å². The molecule has 152 valence electrons. The fourth-order valence-corrected chi connectivity index (χ4v) is 4.29. The number of carbonyl (C=O) groups is 1. The van der Waals surface area contributed by atoms with Gasteiger partial charge in [0, 0.05) is 21.7 Å². The fraction of sp³-hybridized carbons (Fsp3) is 0.174. The summed E-state index contributed by atoms with van der Waals surface area (Å²) >= 11 is 7.39. The Bertz CT molecular complexity index is 1260. The topological polar surface area (TPSA) is 64.0 Å². The number of halogens is 1. The Hall–Kier alpha value is -2.96. The maximum absolute atomic E-state index is 13.3. The third-order valence-electron chi connectivity index (χ3n) is 5.10. The summed E-state index contributed by atoms with van der Waals surface area (Å²) in [4.78, 5) is 31.1. The standard InChI is InChI=1S/C23H20ClN3O2S/c1-3-15-4-10-18(11-5-15)26-21(28)14(2)27-13-25-22-20(23(27)29)19(12-30-22)16-6-8-17(24)9-7-16/h4-14H,3H2,1-2H3,(H,26,28). The molecule has 4 aromatic rings. The molecule has 1 atom stereocenters. The van der Waals surface area contributed by atoms with Gasteiger partial charge in [-0.25, -0.2) is 4.98 Å².